The lowest BCUT2D eigenvalue weighted by Crippen LogP contribution is -2.34. The van der Waals surface area contributed by atoms with Crippen molar-refractivity contribution in [2.75, 3.05) is 10.6 Å². The molecule has 2 aromatic carbocycles. The predicted octanol–water partition coefficient (Wildman–Crippen LogP) is 4.49. The first-order valence-electron chi connectivity index (χ1n) is 8.57. The molecule has 5 nitrogen and oxygen atoms in total. The van der Waals surface area contributed by atoms with Gasteiger partial charge in [-0.2, -0.15) is 0 Å². The fourth-order valence-corrected chi connectivity index (χ4v) is 2.51. The molecule has 0 aliphatic carbocycles. The summed E-state index contributed by atoms with van der Waals surface area (Å²) in [5.41, 5.74) is 1.94. The van der Waals surface area contributed by atoms with Crippen LogP contribution in [-0.2, 0) is 4.79 Å². The molecule has 3 amide bonds. The number of nitrogens with one attached hydrogen (secondary N) is 3. The van der Waals surface area contributed by atoms with Gasteiger partial charge in [-0.05, 0) is 49.6 Å². The van der Waals surface area contributed by atoms with Crippen LogP contribution >= 0.6 is 0 Å². The largest absolute Gasteiger partial charge is 0.336 e. The van der Waals surface area contributed by atoms with E-state index in [1.54, 1.807) is 36.4 Å². The van der Waals surface area contributed by atoms with Crippen LogP contribution in [0.5, 0.6) is 0 Å². The number of benzene rings is 2. The monoisotopic (exact) mass is 357 g/mol. The summed E-state index contributed by atoms with van der Waals surface area (Å²) < 4.78 is 13.0. The lowest BCUT2D eigenvalue weighted by molar-refractivity contribution is -0.116. The highest BCUT2D eigenvalue weighted by atomic mass is 19.1. The maximum Gasteiger partial charge on any atom is 0.319 e. The number of urea groups is 1. The fourth-order valence-electron chi connectivity index (χ4n) is 2.51. The first kappa shape index (κ1) is 19.4. The lowest BCUT2D eigenvalue weighted by Gasteiger charge is -2.16. The molecule has 0 radical (unpaired) electrons. The van der Waals surface area contributed by atoms with Crippen molar-refractivity contribution in [3.63, 3.8) is 0 Å². The number of amides is 3. The summed E-state index contributed by atoms with van der Waals surface area (Å²) in [6, 6.07) is 12.8. The van der Waals surface area contributed by atoms with Crippen LogP contribution in [0.25, 0.3) is 0 Å². The van der Waals surface area contributed by atoms with Crippen molar-refractivity contribution in [2.45, 2.75) is 39.2 Å². The van der Waals surface area contributed by atoms with E-state index in [9.17, 15) is 14.0 Å². The standard InChI is InChI=1S/C20H24FN3O2/c1-13(2)22-20(26)24-18-7-5-4-6-17(18)23-19(25)12-14(3)15-8-10-16(21)11-9-15/h4-11,13-14H,12H2,1-3H3,(H,23,25)(H2,22,24,26). The number of rotatable bonds is 6. The number of para-hydroxylation sites is 2. The van der Waals surface area contributed by atoms with E-state index in [0.717, 1.165) is 5.56 Å². The molecule has 0 aromatic heterocycles. The zero-order chi connectivity index (χ0) is 19.1. The van der Waals surface area contributed by atoms with E-state index in [0.29, 0.717) is 11.4 Å². The summed E-state index contributed by atoms with van der Waals surface area (Å²) in [4.78, 5) is 24.3. The Morgan fingerprint density at radius 3 is 2.08 bits per heavy atom. The van der Waals surface area contributed by atoms with Crippen molar-refractivity contribution in [1.29, 1.82) is 0 Å². The summed E-state index contributed by atoms with van der Waals surface area (Å²) >= 11 is 0. The maximum atomic E-state index is 13.0. The van der Waals surface area contributed by atoms with Gasteiger partial charge in [0.05, 0.1) is 11.4 Å². The second-order valence-electron chi connectivity index (χ2n) is 6.50. The van der Waals surface area contributed by atoms with Gasteiger partial charge < -0.3 is 16.0 Å². The first-order valence-corrected chi connectivity index (χ1v) is 8.57. The van der Waals surface area contributed by atoms with Gasteiger partial charge >= 0.3 is 6.03 Å². The van der Waals surface area contributed by atoms with Crippen molar-refractivity contribution >= 4 is 23.3 Å². The molecular formula is C20H24FN3O2. The molecule has 1 unspecified atom stereocenters. The Morgan fingerprint density at radius 2 is 1.50 bits per heavy atom. The molecule has 0 spiro atoms. The third-order valence-corrected chi connectivity index (χ3v) is 3.80. The number of carbonyl (C=O) groups excluding carboxylic acids is 2. The van der Waals surface area contributed by atoms with Gasteiger partial charge in [0, 0.05) is 12.5 Å². The molecule has 138 valence electrons. The Balaban J connectivity index is 2.00. The Labute approximate surface area is 153 Å². The number of carbonyl (C=O) groups is 2. The van der Waals surface area contributed by atoms with Gasteiger partial charge in [-0.3, -0.25) is 4.79 Å². The minimum Gasteiger partial charge on any atom is -0.336 e. The van der Waals surface area contributed by atoms with Crippen LogP contribution in [0, 0.1) is 5.82 Å². The lowest BCUT2D eigenvalue weighted by atomic mass is 9.97. The molecule has 1 atom stereocenters. The van der Waals surface area contributed by atoms with E-state index in [2.05, 4.69) is 16.0 Å². The molecule has 0 fully saturated rings. The van der Waals surface area contributed by atoms with E-state index >= 15 is 0 Å². The van der Waals surface area contributed by atoms with Crippen LogP contribution < -0.4 is 16.0 Å². The first-order chi connectivity index (χ1) is 12.3. The quantitative estimate of drug-likeness (QED) is 0.713. The van der Waals surface area contributed by atoms with Gasteiger partial charge in [0.1, 0.15) is 5.82 Å². The summed E-state index contributed by atoms with van der Waals surface area (Å²) in [5.74, 6) is -0.537. The van der Waals surface area contributed by atoms with Crippen LogP contribution in [0.3, 0.4) is 0 Å². The van der Waals surface area contributed by atoms with Crippen LogP contribution in [0.15, 0.2) is 48.5 Å². The van der Waals surface area contributed by atoms with E-state index in [4.69, 9.17) is 0 Å². The molecule has 0 aliphatic heterocycles. The summed E-state index contributed by atoms with van der Waals surface area (Å²) in [6.07, 6.45) is 0.248. The van der Waals surface area contributed by atoms with Gasteiger partial charge in [-0.25, -0.2) is 9.18 Å². The molecule has 0 aliphatic rings. The predicted molar refractivity (Wildman–Crippen MR) is 102 cm³/mol. The number of anilines is 2. The highest BCUT2D eigenvalue weighted by Crippen LogP contribution is 2.24. The zero-order valence-corrected chi connectivity index (χ0v) is 15.2. The van der Waals surface area contributed by atoms with Crippen LogP contribution in [-0.4, -0.2) is 18.0 Å². The third-order valence-electron chi connectivity index (χ3n) is 3.80. The Kier molecular flexibility index (Phi) is 6.72. The molecule has 0 heterocycles. The number of halogens is 1. The minimum atomic E-state index is -0.332. The zero-order valence-electron chi connectivity index (χ0n) is 15.2. The van der Waals surface area contributed by atoms with Gasteiger partial charge in [0.2, 0.25) is 5.91 Å². The molecular weight excluding hydrogens is 333 g/mol. The van der Waals surface area contributed by atoms with Crippen molar-refractivity contribution in [3.8, 4) is 0 Å². The molecule has 0 bridgehead atoms. The van der Waals surface area contributed by atoms with Crippen LogP contribution in [0.2, 0.25) is 0 Å². The topological polar surface area (TPSA) is 70.2 Å². The second kappa shape index (κ2) is 8.99. The molecule has 6 heteroatoms. The molecule has 0 saturated carbocycles. The molecule has 0 saturated heterocycles. The normalized spacial score (nSPS) is 11.7. The van der Waals surface area contributed by atoms with E-state index in [1.165, 1.54) is 12.1 Å². The number of hydrogen-bond donors (Lipinski definition) is 3. The van der Waals surface area contributed by atoms with Crippen molar-refractivity contribution < 1.29 is 14.0 Å². The minimum absolute atomic E-state index is 0.00770. The van der Waals surface area contributed by atoms with Crippen molar-refractivity contribution in [3.05, 3.63) is 59.9 Å². The van der Waals surface area contributed by atoms with Gasteiger partial charge in [-0.15, -0.1) is 0 Å². The Hall–Kier alpha value is -2.89. The second-order valence-corrected chi connectivity index (χ2v) is 6.50. The SMILES string of the molecule is CC(C)NC(=O)Nc1ccccc1NC(=O)CC(C)c1ccc(F)cc1. The molecule has 26 heavy (non-hydrogen) atoms. The summed E-state index contributed by atoms with van der Waals surface area (Å²) in [7, 11) is 0. The third kappa shape index (κ3) is 5.88. The molecule has 2 rings (SSSR count). The maximum absolute atomic E-state index is 13.0. The van der Waals surface area contributed by atoms with E-state index in [-0.39, 0.29) is 36.1 Å². The van der Waals surface area contributed by atoms with Crippen LogP contribution in [0.4, 0.5) is 20.6 Å². The average Bonchev–Trinajstić information content (AvgIpc) is 2.56. The van der Waals surface area contributed by atoms with Gasteiger partial charge in [0.15, 0.2) is 0 Å². The summed E-state index contributed by atoms with van der Waals surface area (Å²) in [6.45, 7) is 5.64. The highest BCUT2D eigenvalue weighted by Gasteiger charge is 2.14. The number of hydrogen-bond acceptors (Lipinski definition) is 2. The van der Waals surface area contributed by atoms with Gasteiger partial charge in [-0.1, -0.05) is 31.2 Å². The van der Waals surface area contributed by atoms with Gasteiger partial charge in [0.25, 0.3) is 0 Å². The summed E-state index contributed by atoms with van der Waals surface area (Å²) in [5, 5.41) is 8.29. The van der Waals surface area contributed by atoms with Crippen LogP contribution in [0.1, 0.15) is 38.7 Å². The van der Waals surface area contributed by atoms with E-state index < -0.39 is 0 Å². The molecule has 3 N–H and O–H groups in total. The fraction of sp³-hybridized carbons (Fsp3) is 0.300. The Morgan fingerprint density at radius 1 is 0.923 bits per heavy atom. The van der Waals surface area contributed by atoms with E-state index in [1.807, 2.05) is 20.8 Å². The van der Waals surface area contributed by atoms with Crippen molar-refractivity contribution in [1.82, 2.24) is 5.32 Å². The smallest absolute Gasteiger partial charge is 0.319 e. The van der Waals surface area contributed by atoms with Crippen molar-refractivity contribution in [2.24, 2.45) is 0 Å². The molecule has 2 aromatic rings. The highest BCUT2D eigenvalue weighted by molar-refractivity contribution is 5.99. The average molecular weight is 357 g/mol. The Bertz CT molecular complexity index is 760.